The van der Waals surface area contributed by atoms with E-state index in [4.69, 9.17) is 14.6 Å². The highest BCUT2D eigenvalue weighted by molar-refractivity contribution is 5.44. The van der Waals surface area contributed by atoms with Crippen LogP contribution in [0.15, 0.2) is 27.2 Å². The summed E-state index contributed by atoms with van der Waals surface area (Å²) in [4.78, 5) is 4.03. The number of rotatable bonds is 2. The van der Waals surface area contributed by atoms with Crippen LogP contribution >= 0.6 is 0 Å². The first-order chi connectivity index (χ1) is 6.29. The fraction of sp³-hybridized carbons (Fsp3) is 0.222. The molecule has 68 valence electrons. The fourth-order valence-corrected chi connectivity index (χ4v) is 1.07. The highest BCUT2D eigenvalue weighted by atomic mass is 16.4. The van der Waals surface area contributed by atoms with Gasteiger partial charge >= 0.3 is 0 Å². The molecule has 2 rings (SSSR count). The lowest BCUT2D eigenvalue weighted by Crippen LogP contribution is -1.92. The predicted molar refractivity (Wildman–Crippen MR) is 46.8 cm³/mol. The molecule has 2 heterocycles. The van der Waals surface area contributed by atoms with Crippen LogP contribution < -0.4 is 5.73 Å². The van der Waals surface area contributed by atoms with Crippen LogP contribution in [0.4, 0.5) is 0 Å². The Balaban J connectivity index is 2.35. The van der Waals surface area contributed by atoms with Gasteiger partial charge in [-0.1, -0.05) is 0 Å². The Hall–Kier alpha value is -1.55. The van der Waals surface area contributed by atoms with Crippen LogP contribution in [-0.4, -0.2) is 4.98 Å². The van der Waals surface area contributed by atoms with Crippen molar-refractivity contribution in [1.82, 2.24) is 4.98 Å². The Bertz CT molecular complexity index is 403. The molecule has 0 saturated carbocycles. The van der Waals surface area contributed by atoms with Crippen molar-refractivity contribution < 1.29 is 8.83 Å². The fourth-order valence-electron chi connectivity index (χ4n) is 1.07. The van der Waals surface area contributed by atoms with Crippen LogP contribution in [-0.2, 0) is 6.54 Å². The minimum absolute atomic E-state index is 0.354. The molecule has 0 fully saturated rings. The van der Waals surface area contributed by atoms with Crippen molar-refractivity contribution in [2.45, 2.75) is 13.5 Å². The minimum atomic E-state index is 0.354. The lowest BCUT2D eigenvalue weighted by molar-refractivity contribution is 0.479. The Kier molecular flexibility index (Phi) is 1.90. The van der Waals surface area contributed by atoms with Crippen molar-refractivity contribution in [3.8, 4) is 11.7 Å². The molecule has 0 aromatic carbocycles. The van der Waals surface area contributed by atoms with Crippen molar-refractivity contribution in [2.75, 3.05) is 0 Å². The van der Waals surface area contributed by atoms with Crippen LogP contribution in [0.5, 0.6) is 0 Å². The summed E-state index contributed by atoms with van der Waals surface area (Å²) < 4.78 is 10.6. The first kappa shape index (κ1) is 8.07. The number of aromatic nitrogens is 1. The molecule has 0 spiro atoms. The summed E-state index contributed by atoms with van der Waals surface area (Å²) in [6, 6.07) is 3.68. The minimum Gasteiger partial charge on any atom is -0.456 e. The van der Waals surface area contributed by atoms with E-state index in [0.717, 1.165) is 5.76 Å². The Morgan fingerprint density at radius 1 is 1.38 bits per heavy atom. The van der Waals surface area contributed by atoms with E-state index in [1.165, 1.54) is 0 Å². The van der Waals surface area contributed by atoms with Gasteiger partial charge in [0, 0.05) is 0 Å². The molecule has 0 unspecified atom stereocenters. The van der Waals surface area contributed by atoms with E-state index in [-0.39, 0.29) is 0 Å². The van der Waals surface area contributed by atoms with Crippen molar-refractivity contribution in [2.24, 2.45) is 5.73 Å². The third kappa shape index (κ3) is 1.48. The molecule has 13 heavy (non-hydrogen) atoms. The molecule has 2 N–H and O–H groups in total. The first-order valence-corrected chi connectivity index (χ1v) is 4.01. The standard InChI is InChI=1S/C9H10N2O2/c1-6-2-3-8(12-6)9-11-5-7(4-10)13-9/h2-3,5H,4,10H2,1H3. The monoisotopic (exact) mass is 178 g/mol. The van der Waals surface area contributed by atoms with Gasteiger partial charge in [-0.15, -0.1) is 0 Å². The summed E-state index contributed by atoms with van der Waals surface area (Å²) in [6.45, 7) is 2.23. The maximum atomic E-state index is 5.38. The summed E-state index contributed by atoms with van der Waals surface area (Å²) in [5, 5.41) is 0. The van der Waals surface area contributed by atoms with Crippen molar-refractivity contribution in [3.05, 3.63) is 29.9 Å². The molecule has 0 saturated heterocycles. The van der Waals surface area contributed by atoms with Gasteiger partial charge in [-0.3, -0.25) is 0 Å². The molecule has 4 nitrogen and oxygen atoms in total. The second kappa shape index (κ2) is 3.06. The highest BCUT2D eigenvalue weighted by Gasteiger charge is 2.08. The Labute approximate surface area is 75.4 Å². The quantitative estimate of drug-likeness (QED) is 0.760. The zero-order chi connectivity index (χ0) is 9.26. The zero-order valence-corrected chi connectivity index (χ0v) is 7.28. The molecule has 4 heteroatoms. The van der Waals surface area contributed by atoms with E-state index in [9.17, 15) is 0 Å². The van der Waals surface area contributed by atoms with Gasteiger partial charge in [-0.2, -0.15) is 0 Å². The normalized spacial score (nSPS) is 10.6. The molecule has 0 aliphatic rings. The second-order valence-electron chi connectivity index (χ2n) is 2.75. The zero-order valence-electron chi connectivity index (χ0n) is 7.28. The highest BCUT2D eigenvalue weighted by Crippen LogP contribution is 2.21. The number of oxazole rings is 1. The molecule has 0 radical (unpaired) electrons. The van der Waals surface area contributed by atoms with Crippen molar-refractivity contribution in [1.29, 1.82) is 0 Å². The second-order valence-corrected chi connectivity index (χ2v) is 2.75. The SMILES string of the molecule is Cc1ccc(-c2ncc(CN)o2)o1. The maximum absolute atomic E-state index is 5.38. The van der Waals surface area contributed by atoms with E-state index < -0.39 is 0 Å². The van der Waals surface area contributed by atoms with E-state index >= 15 is 0 Å². The van der Waals surface area contributed by atoms with Gasteiger partial charge in [0.25, 0.3) is 5.89 Å². The molecule has 2 aromatic rings. The van der Waals surface area contributed by atoms with Gasteiger partial charge in [0.15, 0.2) is 5.76 Å². The molecular formula is C9H10N2O2. The number of furan rings is 1. The van der Waals surface area contributed by atoms with Gasteiger partial charge in [0.2, 0.25) is 0 Å². The smallest absolute Gasteiger partial charge is 0.263 e. The van der Waals surface area contributed by atoms with Gasteiger partial charge < -0.3 is 14.6 Å². The van der Waals surface area contributed by atoms with Crippen LogP contribution in [0.1, 0.15) is 11.5 Å². The van der Waals surface area contributed by atoms with Crippen molar-refractivity contribution >= 4 is 0 Å². The topological polar surface area (TPSA) is 65.2 Å². The number of aryl methyl sites for hydroxylation is 1. The molecule has 0 aliphatic carbocycles. The first-order valence-electron chi connectivity index (χ1n) is 4.01. The third-order valence-corrected chi connectivity index (χ3v) is 1.71. The summed E-state index contributed by atoms with van der Waals surface area (Å²) >= 11 is 0. The number of hydrogen-bond acceptors (Lipinski definition) is 4. The van der Waals surface area contributed by atoms with Crippen LogP contribution in [0, 0.1) is 6.92 Å². The van der Waals surface area contributed by atoms with E-state index in [2.05, 4.69) is 4.98 Å². The molecule has 0 aliphatic heterocycles. The van der Waals surface area contributed by atoms with Crippen LogP contribution in [0.25, 0.3) is 11.7 Å². The largest absolute Gasteiger partial charge is 0.456 e. The van der Waals surface area contributed by atoms with Crippen LogP contribution in [0.3, 0.4) is 0 Å². The Morgan fingerprint density at radius 2 is 2.23 bits per heavy atom. The molecule has 2 aromatic heterocycles. The number of nitrogens with zero attached hydrogens (tertiary/aromatic N) is 1. The van der Waals surface area contributed by atoms with Gasteiger partial charge in [0.05, 0.1) is 12.7 Å². The van der Waals surface area contributed by atoms with E-state index in [0.29, 0.717) is 24.0 Å². The summed E-state index contributed by atoms with van der Waals surface area (Å²) in [7, 11) is 0. The average Bonchev–Trinajstić information content (AvgIpc) is 2.71. The Morgan fingerprint density at radius 3 is 2.77 bits per heavy atom. The van der Waals surface area contributed by atoms with Crippen molar-refractivity contribution in [3.63, 3.8) is 0 Å². The van der Waals surface area contributed by atoms with Gasteiger partial charge in [-0.25, -0.2) is 4.98 Å². The molecule has 0 atom stereocenters. The van der Waals surface area contributed by atoms with E-state index in [1.807, 2.05) is 19.1 Å². The third-order valence-electron chi connectivity index (χ3n) is 1.71. The average molecular weight is 178 g/mol. The lowest BCUT2D eigenvalue weighted by atomic mass is 10.4. The summed E-state index contributed by atoms with van der Waals surface area (Å²) in [5.74, 6) is 2.61. The molecular weight excluding hydrogens is 168 g/mol. The van der Waals surface area contributed by atoms with Crippen LogP contribution in [0.2, 0.25) is 0 Å². The number of hydrogen-bond donors (Lipinski definition) is 1. The molecule has 0 amide bonds. The lowest BCUT2D eigenvalue weighted by Gasteiger charge is -1.88. The maximum Gasteiger partial charge on any atom is 0.263 e. The van der Waals surface area contributed by atoms with Gasteiger partial charge in [0.1, 0.15) is 11.5 Å². The molecule has 0 bridgehead atoms. The number of nitrogens with two attached hydrogens (primary N) is 1. The van der Waals surface area contributed by atoms with Gasteiger partial charge in [-0.05, 0) is 19.1 Å². The van der Waals surface area contributed by atoms with E-state index in [1.54, 1.807) is 6.20 Å². The predicted octanol–water partition coefficient (Wildman–Crippen LogP) is 1.70. The summed E-state index contributed by atoms with van der Waals surface area (Å²) in [5.41, 5.74) is 5.38. The summed E-state index contributed by atoms with van der Waals surface area (Å²) in [6.07, 6.45) is 1.60.